The molecule has 0 aliphatic carbocycles. The summed E-state index contributed by atoms with van der Waals surface area (Å²) in [6.07, 6.45) is -5.35. The number of carbonyl (C=O) groups is 4. The number of carbonyl (C=O) groups excluding carboxylic acids is 4. The Morgan fingerprint density at radius 3 is 2.31 bits per heavy atom. The summed E-state index contributed by atoms with van der Waals surface area (Å²) in [4.78, 5) is 55.5. The van der Waals surface area contributed by atoms with E-state index in [9.17, 15) is 32.3 Å². The molecule has 36 heavy (non-hydrogen) atoms. The fourth-order valence-electron chi connectivity index (χ4n) is 4.15. The molecule has 0 radical (unpaired) electrons. The molecule has 1 aliphatic rings. The number of rotatable bonds is 6. The number of hydrogen-bond donors (Lipinski definition) is 2. The fourth-order valence-corrected chi connectivity index (χ4v) is 4.15. The van der Waals surface area contributed by atoms with Crippen LogP contribution in [0.1, 0.15) is 51.5 Å². The van der Waals surface area contributed by atoms with Crippen LogP contribution in [0.15, 0.2) is 24.3 Å². The summed E-state index contributed by atoms with van der Waals surface area (Å²) in [6, 6.07) is 4.95. The molecule has 2 heterocycles. The van der Waals surface area contributed by atoms with E-state index < -0.39 is 41.5 Å². The van der Waals surface area contributed by atoms with E-state index in [0.29, 0.717) is 11.4 Å². The lowest BCUT2D eigenvalue weighted by Gasteiger charge is -2.36. The quantitative estimate of drug-likeness (QED) is 0.269. The normalized spacial score (nSPS) is 14.9. The van der Waals surface area contributed by atoms with E-state index in [2.05, 4.69) is 10.3 Å². The van der Waals surface area contributed by atoms with Crippen molar-refractivity contribution in [3.05, 3.63) is 52.3 Å². The number of aryl methyl sites for hydroxylation is 1. The molecule has 194 valence electrons. The number of alkyl halides is 3. The van der Waals surface area contributed by atoms with Crippen LogP contribution in [0, 0.1) is 13.8 Å². The highest BCUT2D eigenvalue weighted by Crippen LogP contribution is 2.32. The number of ketones is 1. The average Bonchev–Trinajstić information content (AvgIpc) is 3.11. The topological polar surface area (TPSA) is 112 Å². The maximum absolute atomic E-state index is 13.0. The van der Waals surface area contributed by atoms with Crippen LogP contribution in [-0.2, 0) is 20.5 Å². The summed E-state index contributed by atoms with van der Waals surface area (Å²) in [5, 5.41) is 2.48. The highest BCUT2D eigenvalue weighted by Gasteiger charge is 2.33. The van der Waals surface area contributed by atoms with Gasteiger partial charge in [-0.15, -0.1) is 0 Å². The zero-order valence-electron chi connectivity index (χ0n) is 20.3. The molecule has 1 atom stereocenters. The predicted octanol–water partition coefficient (Wildman–Crippen LogP) is 2.82. The first-order chi connectivity index (χ1) is 16.8. The minimum absolute atomic E-state index is 0.0667. The largest absolute Gasteiger partial charge is 0.442 e. The Hall–Kier alpha value is -3.83. The lowest BCUT2D eigenvalue weighted by molar-refractivity contribution is -0.146. The molecular formula is C24H27F3N4O5. The number of Topliss-reactive ketones (excluding diaryl/α,β-unsaturated/α-hetero) is 1. The number of piperazine rings is 1. The van der Waals surface area contributed by atoms with Crippen LogP contribution >= 0.6 is 0 Å². The van der Waals surface area contributed by atoms with Crippen LogP contribution in [0.3, 0.4) is 0 Å². The zero-order valence-corrected chi connectivity index (χ0v) is 20.3. The van der Waals surface area contributed by atoms with Crippen LogP contribution in [-0.4, -0.2) is 65.9 Å². The van der Waals surface area contributed by atoms with Crippen molar-refractivity contribution in [3.8, 4) is 0 Å². The van der Waals surface area contributed by atoms with Gasteiger partial charge in [0.25, 0.3) is 17.6 Å². The van der Waals surface area contributed by atoms with Crippen LogP contribution < -0.4 is 10.2 Å². The summed E-state index contributed by atoms with van der Waals surface area (Å²) in [5.74, 6) is -2.73. The molecule has 0 spiro atoms. The summed E-state index contributed by atoms with van der Waals surface area (Å²) >= 11 is 0. The number of nitrogens with one attached hydrogen (secondary N) is 2. The molecule has 12 heteroatoms. The Morgan fingerprint density at radius 1 is 1.08 bits per heavy atom. The number of benzene rings is 1. The third kappa shape index (κ3) is 5.86. The van der Waals surface area contributed by atoms with Gasteiger partial charge in [0, 0.05) is 44.5 Å². The minimum atomic E-state index is -4.46. The third-order valence-corrected chi connectivity index (χ3v) is 5.87. The molecule has 0 bridgehead atoms. The van der Waals surface area contributed by atoms with E-state index in [1.807, 2.05) is 0 Å². The highest BCUT2D eigenvalue weighted by atomic mass is 19.4. The number of amides is 2. The van der Waals surface area contributed by atoms with Gasteiger partial charge in [-0.25, -0.2) is 0 Å². The molecule has 2 aromatic rings. The number of aromatic nitrogens is 1. The number of aromatic amines is 1. The number of ether oxygens (including phenoxy) is 1. The number of halogens is 3. The Morgan fingerprint density at radius 2 is 1.72 bits per heavy atom. The van der Waals surface area contributed by atoms with E-state index in [4.69, 9.17) is 4.74 Å². The Balaban J connectivity index is 1.68. The number of anilines is 1. The second-order valence-corrected chi connectivity index (χ2v) is 8.51. The van der Waals surface area contributed by atoms with Gasteiger partial charge in [-0.05, 0) is 44.5 Å². The highest BCUT2D eigenvalue weighted by molar-refractivity contribution is 6.43. The Labute approximate surface area is 205 Å². The van der Waals surface area contributed by atoms with Crippen molar-refractivity contribution in [2.24, 2.45) is 0 Å². The van der Waals surface area contributed by atoms with E-state index in [1.165, 1.54) is 31.7 Å². The van der Waals surface area contributed by atoms with Gasteiger partial charge < -0.3 is 24.8 Å². The van der Waals surface area contributed by atoms with E-state index in [-0.39, 0.29) is 43.0 Å². The van der Waals surface area contributed by atoms with Gasteiger partial charge in [-0.1, -0.05) is 6.07 Å². The van der Waals surface area contributed by atoms with Gasteiger partial charge in [-0.3, -0.25) is 19.2 Å². The lowest BCUT2D eigenvalue weighted by Crippen LogP contribution is -2.50. The molecule has 1 aromatic carbocycles. The molecule has 1 unspecified atom stereocenters. The second kappa shape index (κ2) is 10.4. The molecule has 9 nitrogen and oxygen atoms in total. The molecular weight excluding hydrogens is 481 g/mol. The molecule has 2 N–H and O–H groups in total. The maximum atomic E-state index is 13.0. The smallest absolute Gasteiger partial charge is 0.416 e. The molecule has 2 amide bonds. The summed E-state index contributed by atoms with van der Waals surface area (Å²) < 4.78 is 44.0. The Bertz CT molecular complexity index is 1180. The van der Waals surface area contributed by atoms with Crippen LogP contribution in [0.2, 0.25) is 0 Å². The zero-order chi connectivity index (χ0) is 26.8. The molecule has 0 saturated carbocycles. The molecule has 3 rings (SSSR count). The van der Waals surface area contributed by atoms with Crippen molar-refractivity contribution in [3.63, 3.8) is 0 Å². The van der Waals surface area contributed by atoms with Gasteiger partial charge in [-0.2, -0.15) is 13.2 Å². The van der Waals surface area contributed by atoms with Crippen LogP contribution in [0.25, 0.3) is 0 Å². The van der Waals surface area contributed by atoms with E-state index in [1.54, 1.807) is 17.9 Å². The average molecular weight is 508 g/mol. The summed E-state index contributed by atoms with van der Waals surface area (Å²) in [7, 11) is 0. The minimum Gasteiger partial charge on any atom is -0.442 e. The molecule has 1 fully saturated rings. The monoisotopic (exact) mass is 508 g/mol. The summed E-state index contributed by atoms with van der Waals surface area (Å²) in [5.41, 5.74) is 0.385. The van der Waals surface area contributed by atoms with Gasteiger partial charge in [0.15, 0.2) is 6.23 Å². The molecule has 1 aliphatic heterocycles. The van der Waals surface area contributed by atoms with Crippen molar-refractivity contribution in [1.82, 2.24) is 15.2 Å². The number of hydrogen-bond acceptors (Lipinski definition) is 6. The number of H-pyrrole nitrogens is 1. The first-order valence-corrected chi connectivity index (χ1v) is 11.2. The van der Waals surface area contributed by atoms with Crippen molar-refractivity contribution in [2.45, 2.75) is 40.1 Å². The molecule has 1 aromatic heterocycles. The molecule has 1 saturated heterocycles. The summed E-state index contributed by atoms with van der Waals surface area (Å²) in [6.45, 7) is 6.58. The lowest BCUT2D eigenvalue weighted by atomic mass is 10.0. The van der Waals surface area contributed by atoms with Crippen molar-refractivity contribution >= 4 is 29.3 Å². The van der Waals surface area contributed by atoms with Gasteiger partial charge in [0.2, 0.25) is 0 Å². The Kier molecular flexibility index (Phi) is 7.75. The predicted molar refractivity (Wildman–Crippen MR) is 124 cm³/mol. The fraction of sp³-hybridized carbons (Fsp3) is 0.417. The first-order valence-electron chi connectivity index (χ1n) is 11.2. The number of esters is 1. The second-order valence-electron chi connectivity index (χ2n) is 8.51. The van der Waals surface area contributed by atoms with Crippen LogP contribution in [0.5, 0.6) is 0 Å². The maximum Gasteiger partial charge on any atom is 0.416 e. The van der Waals surface area contributed by atoms with Gasteiger partial charge in [0.1, 0.15) is 5.69 Å². The SMILES string of the molecule is CC(=O)OC(C)NC(=O)c1[nH]c(C)c(C(=O)C(=O)N2CCN(c3cccc(C(F)(F)F)c3)CC2)c1C. The van der Waals surface area contributed by atoms with Crippen molar-refractivity contribution in [2.75, 3.05) is 31.1 Å². The van der Waals surface area contributed by atoms with Crippen molar-refractivity contribution < 1.29 is 37.1 Å². The van der Waals surface area contributed by atoms with Gasteiger partial charge in [0.05, 0.1) is 11.1 Å². The van der Waals surface area contributed by atoms with E-state index in [0.717, 1.165) is 12.1 Å². The van der Waals surface area contributed by atoms with Crippen LogP contribution in [0.4, 0.5) is 18.9 Å². The van der Waals surface area contributed by atoms with E-state index >= 15 is 0 Å². The standard InChI is InChI=1S/C24H27F3N4O5/c1-13-19(14(2)28-20(13)22(34)29-15(3)36-16(4)32)21(33)23(35)31-10-8-30(9-11-31)18-7-5-6-17(12-18)24(25,26)27/h5-7,12,15,28H,8-11H2,1-4H3,(H,29,34). The first kappa shape index (κ1) is 26.8. The third-order valence-electron chi connectivity index (χ3n) is 5.87. The number of nitrogens with zero attached hydrogens (tertiary/aromatic N) is 2. The van der Waals surface area contributed by atoms with Gasteiger partial charge >= 0.3 is 12.1 Å². The van der Waals surface area contributed by atoms with Crippen molar-refractivity contribution in [1.29, 1.82) is 0 Å².